The van der Waals surface area contributed by atoms with E-state index in [1.807, 2.05) is 6.07 Å². The lowest BCUT2D eigenvalue weighted by molar-refractivity contribution is -0.384. The number of nitro benzene ring substituents is 1. The van der Waals surface area contributed by atoms with Crippen LogP contribution < -0.4 is 5.32 Å². The van der Waals surface area contributed by atoms with Crippen molar-refractivity contribution in [1.29, 1.82) is 0 Å². The van der Waals surface area contributed by atoms with E-state index in [9.17, 15) is 10.1 Å². The van der Waals surface area contributed by atoms with Gasteiger partial charge in [-0.1, -0.05) is 38.3 Å². The highest BCUT2D eigenvalue weighted by Crippen LogP contribution is 2.26. The smallest absolute Gasteiger partial charge is 0.269 e. The summed E-state index contributed by atoms with van der Waals surface area (Å²) in [7, 11) is 0. The Bertz CT molecular complexity index is 428. The molecule has 1 aromatic carbocycles. The topological polar surface area (TPSA) is 55.2 Å². The molecule has 0 saturated heterocycles. The zero-order valence-corrected chi connectivity index (χ0v) is 11.5. The second-order valence-electron chi connectivity index (χ2n) is 5.34. The monoisotopic (exact) mass is 262 g/mol. The van der Waals surface area contributed by atoms with Crippen LogP contribution in [0.25, 0.3) is 0 Å². The molecule has 1 fully saturated rings. The molecular weight excluding hydrogens is 240 g/mol. The number of non-ortho nitro benzene ring substituents is 1. The number of rotatable bonds is 6. The molecular formula is C15H22N2O2. The van der Waals surface area contributed by atoms with Crippen molar-refractivity contribution in [2.24, 2.45) is 0 Å². The number of benzene rings is 1. The summed E-state index contributed by atoms with van der Waals surface area (Å²) in [6.07, 6.45) is 7.16. The maximum Gasteiger partial charge on any atom is 0.269 e. The molecule has 1 aromatic rings. The highest BCUT2D eigenvalue weighted by molar-refractivity contribution is 5.35. The lowest BCUT2D eigenvalue weighted by Gasteiger charge is -2.23. The standard InChI is InChI=1S/C15H22N2O2/c1-2-6-15(16-13-8-3-4-9-13)12-7-5-10-14(11-12)17(18)19/h5,7,10-11,13,15-16H,2-4,6,8-9H2,1H3. The molecule has 1 saturated carbocycles. The molecule has 1 unspecified atom stereocenters. The third-order valence-corrected chi connectivity index (χ3v) is 3.85. The lowest BCUT2D eigenvalue weighted by atomic mass is 10.0. The number of nitro groups is 1. The SMILES string of the molecule is CCCC(NC1CCCC1)c1cccc([N+](=O)[O-])c1. The summed E-state index contributed by atoms with van der Waals surface area (Å²) >= 11 is 0. The molecule has 1 N–H and O–H groups in total. The lowest BCUT2D eigenvalue weighted by Crippen LogP contribution is -2.30. The van der Waals surface area contributed by atoms with E-state index in [4.69, 9.17) is 0 Å². The third kappa shape index (κ3) is 3.77. The molecule has 4 nitrogen and oxygen atoms in total. The fraction of sp³-hybridized carbons (Fsp3) is 0.600. The third-order valence-electron chi connectivity index (χ3n) is 3.85. The van der Waals surface area contributed by atoms with Crippen molar-refractivity contribution < 1.29 is 4.92 Å². The second-order valence-corrected chi connectivity index (χ2v) is 5.34. The van der Waals surface area contributed by atoms with E-state index in [0.717, 1.165) is 18.4 Å². The molecule has 0 aromatic heterocycles. The Morgan fingerprint density at radius 3 is 2.79 bits per heavy atom. The Kier molecular flexibility index (Phi) is 4.91. The molecule has 0 radical (unpaired) electrons. The Hall–Kier alpha value is -1.42. The van der Waals surface area contributed by atoms with Gasteiger partial charge in [0.25, 0.3) is 5.69 Å². The normalized spacial score (nSPS) is 17.5. The van der Waals surface area contributed by atoms with Gasteiger partial charge < -0.3 is 5.32 Å². The van der Waals surface area contributed by atoms with Gasteiger partial charge in [-0.25, -0.2) is 0 Å². The predicted octanol–water partition coefficient (Wildman–Crippen LogP) is 3.97. The van der Waals surface area contributed by atoms with E-state index < -0.39 is 0 Å². The van der Waals surface area contributed by atoms with Crippen LogP contribution in [0.1, 0.15) is 57.1 Å². The van der Waals surface area contributed by atoms with Crippen molar-refractivity contribution in [3.63, 3.8) is 0 Å². The average molecular weight is 262 g/mol. The Labute approximate surface area is 114 Å². The van der Waals surface area contributed by atoms with Crippen LogP contribution in [0, 0.1) is 10.1 Å². The molecule has 0 amide bonds. The van der Waals surface area contributed by atoms with Crippen molar-refractivity contribution in [2.75, 3.05) is 0 Å². The highest BCUT2D eigenvalue weighted by Gasteiger charge is 2.20. The summed E-state index contributed by atoms with van der Waals surface area (Å²) in [5.74, 6) is 0. The first-order valence-electron chi connectivity index (χ1n) is 7.21. The molecule has 0 aliphatic heterocycles. The quantitative estimate of drug-likeness (QED) is 0.623. The van der Waals surface area contributed by atoms with Crippen LogP contribution in [0.2, 0.25) is 0 Å². The van der Waals surface area contributed by atoms with Crippen molar-refractivity contribution >= 4 is 5.69 Å². The summed E-state index contributed by atoms with van der Waals surface area (Å²) in [5.41, 5.74) is 1.23. The molecule has 1 aliphatic carbocycles. The first kappa shape index (κ1) is 14.0. The minimum Gasteiger partial charge on any atom is -0.307 e. The zero-order chi connectivity index (χ0) is 13.7. The van der Waals surface area contributed by atoms with Gasteiger partial charge in [0.2, 0.25) is 0 Å². The maximum atomic E-state index is 10.9. The van der Waals surface area contributed by atoms with Gasteiger partial charge >= 0.3 is 0 Å². The summed E-state index contributed by atoms with van der Waals surface area (Å²) in [4.78, 5) is 10.5. The van der Waals surface area contributed by atoms with E-state index >= 15 is 0 Å². The van der Waals surface area contributed by atoms with Crippen molar-refractivity contribution in [1.82, 2.24) is 5.32 Å². The van der Waals surface area contributed by atoms with Gasteiger partial charge in [0.05, 0.1) is 4.92 Å². The average Bonchev–Trinajstić information content (AvgIpc) is 2.91. The fourth-order valence-electron chi connectivity index (χ4n) is 2.87. The Morgan fingerprint density at radius 2 is 2.16 bits per heavy atom. The van der Waals surface area contributed by atoms with Crippen LogP contribution >= 0.6 is 0 Å². The Morgan fingerprint density at radius 1 is 1.42 bits per heavy atom. The second kappa shape index (κ2) is 6.66. The van der Waals surface area contributed by atoms with Gasteiger partial charge in [-0.3, -0.25) is 10.1 Å². The number of hydrogen-bond donors (Lipinski definition) is 1. The molecule has 104 valence electrons. The molecule has 1 atom stereocenters. The summed E-state index contributed by atoms with van der Waals surface area (Å²) < 4.78 is 0. The van der Waals surface area contributed by atoms with Crippen molar-refractivity contribution in [3.8, 4) is 0 Å². The maximum absolute atomic E-state index is 10.9. The van der Waals surface area contributed by atoms with Gasteiger partial charge in [0.15, 0.2) is 0 Å². The minimum atomic E-state index is -0.317. The minimum absolute atomic E-state index is 0.187. The number of hydrogen-bond acceptors (Lipinski definition) is 3. The fourth-order valence-corrected chi connectivity index (χ4v) is 2.87. The van der Waals surface area contributed by atoms with Gasteiger partial charge in [0.1, 0.15) is 0 Å². The molecule has 0 bridgehead atoms. The summed E-state index contributed by atoms with van der Waals surface area (Å²) in [6, 6.07) is 7.87. The largest absolute Gasteiger partial charge is 0.307 e. The van der Waals surface area contributed by atoms with Crippen LogP contribution in [0.3, 0.4) is 0 Å². The molecule has 4 heteroatoms. The van der Waals surface area contributed by atoms with Crippen LogP contribution in [-0.2, 0) is 0 Å². The zero-order valence-electron chi connectivity index (χ0n) is 11.5. The van der Waals surface area contributed by atoms with Crippen molar-refractivity contribution in [3.05, 3.63) is 39.9 Å². The first-order valence-corrected chi connectivity index (χ1v) is 7.21. The van der Waals surface area contributed by atoms with E-state index in [1.165, 1.54) is 25.7 Å². The van der Waals surface area contributed by atoms with E-state index in [2.05, 4.69) is 12.2 Å². The van der Waals surface area contributed by atoms with E-state index in [-0.39, 0.29) is 16.7 Å². The first-order chi connectivity index (χ1) is 9.20. The molecule has 1 aliphatic rings. The number of nitrogens with zero attached hydrogens (tertiary/aromatic N) is 1. The molecule has 2 rings (SSSR count). The van der Waals surface area contributed by atoms with Crippen molar-refractivity contribution in [2.45, 2.75) is 57.5 Å². The van der Waals surface area contributed by atoms with Crippen LogP contribution in [0.5, 0.6) is 0 Å². The predicted molar refractivity (Wildman–Crippen MR) is 76.1 cm³/mol. The molecule has 0 spiro atoms. The molecule has 0 heterocycles. The highest BCUT2D eigenvalue weighted by atomic mass is 16.6. The van der Waals surface area contributed by atoms with Gasteiger partial charge in [-0.2, -0.15) is 0 Å². The van der Waals surface area contributed by atoms with Crippen LogP contribution in [-0.4, -0.2) is 11.0 Å². The summed E-state index contributed by atoms with van der Waals surface area (Å²) in [6.45, 7) is 2.15. The Balaban J connectivity index is 2.12. The summed E-state index contributed by atoms with van der Waals surface area (Å²) in [5, 5.41) is 14.5. The molecule has 19 heavy (non-hydrogen) atoms. The van der Waals surface area contributed by atoms with Crippen LogP contribution in [0.4, 0.5) is 5.69 Å². The van der Waals surface area contributed by atoms with Gasteiger partial charge in [-0.05, 0) is 24.8 Å². The van der Waals surface area contributed by atoms with Crippen LogP contribution in [0.15, 0.2) is 24.3 Å². The van der Waals surface area contributed by atoms with Gasteiger partial charge in [0, 0.05) is 24.2 Å². The van der Waals surface area contributed by atoms with E-state index in [1.54, 1.807) is 18.2 Å². The van der Waals surface area contributed by atoms with E-state index in [0.29, 0.717) is 6.04 Å². The van der Waals surface area contributed by atoms with Gasteiger partial charge in [-0.15, -0.1) is 0 Å². The number of nitrogens with one attached hydrogen (secondary N) is 1.